The van der Waals surface area contributed by atoms with Crippen LogP contribution in [-0.2, 0) is 0 Å². The molecule has 2 nitrogen and oxygen atoms in total. The van der Waals surface area contributed by atoms with Crippen LogP contribution in [0.3, 0.4) is 0 Å². The first-order valence-corrected chi connectivity index (χ1v) is 5.69. The standard InChI is InChI=1S/C12H24N2/c1-10(2)6-5-7-11(3)14-12(4)8-9-13/h10-12,14H,5-8H2,1-4H3. The van der Waals surface area contributed by atoms with E-state index in [1.165, 1.54) is 19.3 Å². The zero-order valence-electron chi connectivity index (χ0n) is 10.0. The summed E-state index contributed by atoms with van der Waals surface area (Å²) in [5.74, 6) is 0.804. The van der Waals surface area contributed by atoms with Crippen LogP contribution in [0, 0.1) is 17.2 Å². The van der Waals surface area contributed by atoms with Crippen LogP contribution in [0.25, 0.3) is 0 Å². The first kappa shape index (κ1) is 13.4. The Labute approximate surface area is 88.7 Å². The lowest BCUT2D eigenvalue weighted by Crippen LogP contribution is -2.34. The second-order valence-corrected chi connectivity index (χ2v) is 4.66. The molecule has 0 radical (unpaired) electrons. The fourth-order valence-electron chi connectivity index (χ4n) is 1.60. The van der Waals surface area contributed by atoms with Gasteiger partial charge >= 0.3 is 0 Å². The molecule has 0 fully saturated rings. The summed E-state index contributed by atoms with van der Waals surface area (Å²) in [4.78, 5) is 0. The van der Waals surface area contributed by atoms with Crippen LogP contribution in [-0.4, -0.2) is 12.1 Å². The van der Waals surface area contributed by atoms with Gasteiger partial charge in [0.15, 0.2) is 0 Å². The fourth-order valence-corrected chi connectivity index (χ4v) is 1.60. The summed E-state index contributed by atoms with van der Waals surface area (Å²) in [5, 5.41) is 11.9. The van der Waals surface area contributed by atoms with Crippen molar-refractivity contribution >= 4 is 0 Å². The topological polar surface area (TPSA) is 35.8 Å². The monoisotopic (exact) mass is 196 g/mol. The third-order valence-electron chi connectivity index (χ3n) is 2.39. The van der Waals surface area contributed by atoms with Crippen molar-refractivity contribution in [3.05, 3.63) is 0 Å². The summed E-state index contributed by atoms with van der Waals surface area (Å²) in [6, 6.07) is 3.05. The van der Waals surface area contributed by atoms with E-state index in [9.17, 15) is 0 Å². The van der Waals surface area contributed by atoms with E-state index in [2.05, 4.69) is 39.1 Å². The minimum atomic E-state index is 0.328. The molecule has 0 saturated heterocycles. The van der Waals surface area contributed by atoms with Gasteiger partial charge in [0.2, 0.25) is 0 Å². The highest BCUT2D eigenvalue weighted by Crippen LogP contribution is 2.08. The molecule has 0 aromatic rings. The van der Waals surface area contributed by atoms with Crippen molar-refractivity contribution in [2.24, 2.45) is 5.92 Å². The van der Waals surface area contributed by atoms with Gasteiger partial charge in [-0.25, -0.2) is 0 Å². The van der Waals surface area contributed by atoms with Crippen LogP contribution in [0.15, 0.2) is 0 Å². The van der Waals surface area contributed by atoms with Gasteiger partial charge < -0.3 is 5.32 Å². The third kappa shape index (κ3) is 8.07. The Morgan fingerprint density at radius 1 is 1.07 bits per heavy atom. The van der Waals surface area contributed by atoms with E-state index in [4.69, 9.17) is 5.26 Å². The van der Waals surface area contributed by atoms with Crippen LogP contribution in [0.1, 0.15) is 53.4 Å². The predicted molar refractivity (Wildman–Crippen MR) is 61.0 cm³/mol. The first-order chi connectivity index (χ1) is 6.56. The Bertz CT molecular complexity index is 170. The molecule has 1 N–H and O–H groups in total. The van der Waals surface area contributed by atoms with E-state index in [1.54, 1.807) is 0 Å². The highest BCUT2D eigenvalue weighted by Gasteiger charge is 2.06. The molecule has 2 heteroatoms. The van der Waals surface area contributed by atoms with Gasteiger partial charge in [0.1, 0.15) is 0 Å². The Hall–Kier alpha value is -0.550. The van der Waals surface area contributed by atoms with Crippen molar-refractivity contribution in [2.75, 3.05) is 0 Å². The van der Waals surface area contributed by atoms with Gasteiger partial charge in [0, 0.05) is 12.1 Å². The van der Waals surface area contributed by atoms with Crippen molar-refractivity contribution in [3.63, 3.8) is 0 Å². The van der Waals surface area contributed by atoms with Gasteiger partial charge in [0.25, 0.3) is 0 Å². The molecule has 0 heterocycles. The van der Waals surface area contributed by atoms with Gasteiger partial charge in [0.05, 0.1) is 12.5 Å². The molecule has 0 aromatic heterocycles. The van der Waals surface area contributed by atoms with Gasteiger partial charge in [-0.2, -0.15) is 5.26 Å². The molecule has 0 aliphatic carbocycles. The van der Waals surface area contributed by atoms with Crippen molar-refractivity contribution < 1.29 is 0 Å². The number of nitriles is 1. The van der Waals surface area contributed by atoms with Crippen molar-refractivity contribution in [1.29, 1.82) is 5.26 Å². The van der Waals surface area contributed by atoms with Crippen molar-refractivity contribution in [1.82, 2.24) is 5.32 Å². The Morgan fingerprint density at radius 3 is 2.21 bits per heavy atom. The van der Waals surface area contributed by atoms with Crippen LogP contribution in [0.4, 0.5) is 0 Å². The number of rotatable bonds is 7. The molecular weight excluding hydrogens is 172 g/mol. The molecular formula is C12H24N2. The third-order valence-corrected chi connectivity index (χ3v) is 2.39. The lowest BCUT2D eigenvalue weighted by Gasteiger charge is -2.18. The summed E-state index contributed by atoms with van der Waals surface area (Å²) in [6.07, 6.45) is 4.41. The number of hydrogen-bond acceptors (Lipinski definition) is 2. The minimum Gasteiger partial charge on any atom is -0.311 e. The average molecular weight is 196 g/mol. The quantitative estimate of drug-likeness (QED) is 0.679. The van der Waals surface area contributed by atoms with Gasteiger partial charge in [-0.05, 0) is 26.2 Å². The van der Waals surface area contributed by atoms with Gasteiger partial charge in [-0.3, -0.25) is 0 Å². The summed E-state index contributed by atoms with van der Waals surface area (Å²) < 4.78 is 0. The average Bonchev–Trinajstić information content (AvgIpc) is 2.03. The number of nitrogens with zero attached hydrogens (tertiary/aromatic N) is 1. The first-order valence-electron chi connectivity index (χ1n) is 5.69. The van der Waals surface area contributed by atoms with E-state index in [-0.39, 0.29) is 0 Å². The fraction of sp³-hybridized carbons (Fsp3) is 0.917. The van der Waals surface area contributed by atoms with Crippen molar-refractivity contribution in [3.8, 4) is 6.07 Å². The van der Waals surface area contributed by atoms with Crippen LogP contribution in [0.5, 0.6) is 0 Å². The Balaban J connectivity index is 3.45. The normalized spacial score (nSPS) is 15.1. The molecule has 0 amide bonds. The molecule has 0 rings (SSSR count). The smallest absolute Gasteiger partial charge is 0.0638 e. The maximum atomic E-state index is 8.51. The van der Waals surface area contributed by atoms with Gasteiger partial charge in [-0.15, -0.1) is 0 Å². The second-order valence-electron chi connectivity index (χ2n) is 4.66. The SMILES string of the molecule is CC(C)CCCC(C)NC(C)CC#N. The molecule has 0 aliphatic rings. The zero-order chi connectivity index (χ0) is 11.0. The summed E-state index contributed by atoms with van der Waals surface area (Å²) in [6.45, 7) is 8.79. The molecule has 0 aromatic carbocycles. The Kier molecular flexibility index (Phi) is 7.51. The van der Waals surface area contributed by atoms with E-state index >= 15 is 0 Å². The van der Waals surface area contributed by atoms with Gasteiger partial charge in [-0.1, -0.05) is 26.7 Å². The minimum absolute atomic E-state index is 0.328. The Morgan fingerprint density at radius 2 is 1.71 bits per heavy atom. The van der Waals surface area contributed by atoms with Crippen LogP contribution < -0.4 is 5.32 Å². The molecule has 82 valence electrons. The van der Waals surface area contributed by atoms with E-state index in [1.807, 2.05) is 0 Å². The molecule has 0 aliphatic heterocycles. The van der Waals surface area contributed by atoms with E-state index in [0.29, 0.717) is 18.5 Å². The zero-order valence-corrected chi connectivity index (χ0v) is 10.0. The maximum Gasteiger partial charge on any atom is 0.0638 e. The predicted octanol–water partition coefficient (Wildman–Crippen LogP) is 3.09. The van der Waals surface area contributed by atoms with Crippen LogP contribution in [0.2, 0.25) is 0 Å². The summed E-state index contributed by atoms with van der Waals surface area (Å²) in [7, 11) is 0. The second kappa shape index (κ2) is 7.82. The molecule has 0 saturated carbocycles. The molecule has 14 heavy (non-hydrogen) atoms. The summed E-state index contributed by atoms with van der Waals surface area (Å²) >= 11 is 0. The molecule has 0 bridgehead atoms. The molecule has 2 unspecified atom stereocenters. The molecule has 2 atom stereocenters. The van der Waals surface area contributed by atoms with E-state index in [0.717, 1.165) is 5.92 Å². The lowest BCUT2D eigenvalue weighted by molar-refractivity contribution is 0.420. The lowest BCUT2D eigenvalue weighted by atomic mass is 10.0. The van der Waals surface area contributed by atoms with Crippen LogP contribution >= 0.6 is 0 Å². The summed E-state index contributed by atoms with van der Waals surface area (Å²) in [5.41, 5.74) is 0. The molecule has 0 spiro atoms. The highest BCUT2D eigenvalue weighted by atomic mass is 14.9. The number of hydrogen-bond donors (Lipinski definition) is 1. The maximum absolute atomic E-state index is 8.51. The van der Waals surface area contributed by atoms with E-state index < -0.39 is 0 Å². The number of nitrogens with one attached hydrogen (secondary N) is 1. The largest absolute Gasteiger partial charge is 0.311 e. The van der Waals surface area contributed by atoms with Crippen molar-refractivity contribution in [2.45, 2.75) is 65.5 Å². The highest BCUT2D eigenvalue weighted by molar-refractivity contribution is 4.79.